The second-order valence-electron chi connectivity index (χ2n) is 5.34. The fourth-order valence-corrected chi connectivity index (χ4v) is 3.35. The summed E-state index contributed by atoms with van der Waals surface area (Å²) in [5.41, 5.74) is 1.63. The average molecular weight is 243 g/mol. The Labute approximate surface area is 107 Å². The topological polar surface area (TPSA) is 60.2 Å². The Bertz CT molecular complexity index is 468. The molecule has 2 fully saturated rings. The van der Waals surface area contributed by atoms with Gasteiger partial charge >= 0.3 is 0 Å². The van der Waals surface area contributed by atoms with E-state index < -0.39 is 0 Å². The molecule has 18 heavy (non-hydrogen) atoms. The van der Waals surface area contributed by atoms with Gasteiger partial charge < -0.3 is 5.11 Å². The molecule has 2 aliphatic rings. The second kappa shape index (κ2) is 4.68. The van der Waals surface area contributed by atoms with E-state index in [1.165, 1.54) is 12.8 Å². The van der Waals surface area contributed by atoms with Crippen molar-refractivity contribution in [2.75, 3.05) is 0 Å². The highest BCUT2D eigenvalue weighted by Crippen LogP contribution is 2.36. The monoisotopic (exact) mass is 243 g/mol. The number of piperidine rings is 1. The number of fused-ring (bicyclic) bond motifs is 2. The molecular formula is C14H17N3O. The van der Waals surface area contributed by atoms with Crippen LogP contribution in [-0.4, -0.2) is 33.2 Å². The van der Waals surface area contributed by atoms with Crippen molar-refractivity contribution in [2.24, 2.45) is 0 Å². The first kappa shape index (κ1) is 11.6. The van der Waals surface area contributed by atoms with E-state index in [4.69, 9.17) is 5.26 Å². The van der Waals surface area contributed by atoms with Crippen LogP contribution in [0.4, 0.5) is 0 Å². The van der Waals surface area contributed by atoms with Gasteiger partial charge in [0, 0.05) is 24.8 Å². The molecule has 0 amide bonds. The van der Waals surface area contributed by atoms with E-state index >= 15 is 0 Å². The molecule has 0 aliphatic carbocycles. The van der Waals surface area contributed by atoms with Gasteiger partial charge in [0.05, 0.1) is 6.10 Å². The van der Waals surface area contributed by atoms with E-state index in [0.29, 0.717) is 17.8 Å². The van der Waals surface area contributed by atoms with Crippen LogP contribution < -0.4 is 0 Å². The summed E-state index contributed by atoms with van der Waals surface area (Å²) in [6.07, 6.45) is 5.76. The number of hydrogen-bond acceptors (Lipinski definition) is 4. The zero-order valence-electron chi connectivity index (χ0n) is 10.3. The highest BCUT2D eigenvalue weighted by Gasteiger charge is 2.39. The molecule has 1 aromatic rings. The molecule has 2 atom stereocenters. The van der Waals surface area contributed by atoms with Crippen LogP contribution in [0.5, 0.6) is 0 Å². The summed E-state index contributed by atoms with van der Waals surface area (Å²) in [5, 5.41) is 18.6. The molecule has 0 saturated carbocycles. The molecule has 94 valence electrons. The fourth-order valence-electron chi connectivity index (χ4n) is 3.35. The van der Waals surface area contributed by atoms with Crippen molar-refractivity contribution in [1.29, 1.82) is 5.26 Å². The van der Waals surface area contributed by atoms with E-state index in [0.717, 1.165) is 24.9 Å². The highest BCUT2D eigenvalue weighted by atomic mass is 16.3. The smallest absolute Gasteiger partial charge is 0.140 e. The summed E-state index contributed by atoms with van der Waals surface area (Å²) in [4.78, 5) is 6.49. The van der Waals surface area contributed by atoms with Crippen LogP contribution in [0.25, 0.3) is 0 Å². The Morgan fingerprint density at radius 2 is 2.11 bits per heavy atom. The number of aliphatic hydroxyl groups is 1. The summed E-state index contributed by atoms with van der Waals surface area (Å²) < 4.78 is 0. The van der Waals surface area contributed by atoms with Crippen molar-refractivity contribution in [1.82, 2.24) is 9.88 Å². The van der Waals surface area contributed by atoms with Crippen molar-refractivity contribution >= 4 is 0 Å². The first-order valence-electron chi connectivity index (χ1n) is 6.55. The van der Waals surface area contributed by atoms with Gasteiger partial charge in [-0.05, 0) is 43.4 Å². The predicted molar refractivity (Wildman–Crippen MR) is 66.5 cm³/mol. The van der Waals surface area contributed by atoms with Gasteiger partial charge in [0.1, 0.15) is 11.8 Å². The van der Waals surface area contributed by atoms with Gasteiger partial charge in [-0.3, -0.25) is 4.90 Å². The third-order valence-electron chi connectivity index (χ3n) is 4.16. The number of aromatic nitrogens is 1. The van der Waals surface area contributed by atoms with Crippen molar-refractivity contribution < 1.29 is 5.11 Å². The standard InChI is InChI=1S/C14H17N3O/c15-8-11-5-10(3-4-16-11)9-17-12-1-2-13(17)7-14(18)6-12/h3-5,12-14,18H,1-2,6-7,9H2. The Kier molecular flexibility index (Phi) is 3.02. The normalized spacial score (nSPS) is 31.2. The van der Waals surface area contributed by atoms with Gasteiger partial charge in [-0.25, -0.2) is 4.98 Å². The Hall–Kier alpha value is -1.44. The molecule has 1 aromatic heterocycles. The lowest BCUT2D eigenvalue weighted by molar-refractivity contribution is 0.0310. The predicted octanol–water partition coefficient (Wildman–Crippen LogP) is 1.44. The Balaban J connectivity index is 1.75. The summed E-state index contributed by atoms with van der Waals surface area (Å²) in [5.74, 6) is 0. The van der Waals surface area contributed by atoms with Crippen LogP contribution in [0, 0.1) is 11.3 Å². The summed E-state index contributed by atoms with van der Waals surface area (Å²) >= 11 is 0. The molecule has 3 heterocycles. The van der Waals surface area contributed by atoms with Crippen LogP contribution >= 0.6 is 0 Å². The number of pyridine rings is 1. The van der Waals surface area contributed by atoms with Crippen LogP contribution in [0.1, 0.15) is 36.9 Å². The Morgan fingerprint density at radius 1 is 1.39 bits per heavy atom. The lowest BCUT2D eigenvalue weighted by Crippen LogP contribution is -2.44. The molecule has 2 unspecified atom stereocenters. The van der Waals surface area contributed by atoms with Gasteiger partial charge in [0.25, 0.3) is 0 Å². The molecular weight excluding hydrogens is 226 g/mol. The minimum absolute atomic E-state index is 0.120. The van der Waals surface area contributed by atoms with Gasteiger partial charge in [0.2, 0.25) is 0 Å². The first-order valence-corrected chi connectivity index (χ1v) is 6.55. The summed E-state index contributed by atoms with van der Waals surface area (Å²) in [6, 6.07) is 6.95. The maximum absolute atomic E-state index is 9.78. The number of hydrogen-bond donors (Lipinski definition) is 1. The van der Waals surface area contributed by atoms with E-state index in [9.17, 15) is 5.11 Å². The van der Waals surface area contributed by atoms with Crippen LogP contribution in [-0.2, 0) is 6.54 Å². The van der Waals surface area contributed by atoms with Crippen LogP contribution in [0.15, 0.2) is 18.3 Å². The maximum Gasteiger partial charge on any atom is 0.140 e. The van der Waals surface area contributed by atoms with Gasteiger partial charge in [-0.1, -0.05) is 0 Å². The van der Waals surface area contributed by atoms with E-state index in [1.54, 1.807) is 6.20 Å². The minimum Gasteiger partial charge on any atom is -0.393 e. The third kappa shape index (κ3) is 2.12. The molecule has 0 spiro atoms. The maximum atomic E-state index is 9.78. The number of nitrogens with zero attached hydrogens (tertiary/aromatic N) is 3. The lowest BCUT2D eigenvalue weighted by Gasteiger charge is -2.37. The molecule has 0 aromatic carbocycles. The SMILES string of the molecule is N#Cc1cc(CN2C3CCC2CC(O)C3)ccn1. The zero-order valence-corrected chi connectivity index (χ0v) is 10.3. The largest absolute Gasteiger partial charge is 0.393 e. The van der Waals surface area contributed by atoms with Crippen molar-refractivity contribution in [2.45, 2.75) is 50.4 Å². The van der Waals surface area contributed by atoms with Crippen molar-refractivity contribution in [3.8, 4) is 6.07 Å². The van der Waals surface area contributed by atoms with Crippen molar-refractivity contribution in [3.05, 3.63) is 29.6 Å². The second-order valence-corrected chi connectivity index (χ2v) is 5.34. The van der Waals surface area contributed by atoms with Gasteiger partial charge in [-0.15, -0.1) is 0 Å². The molecule has 2 bridgehead atoms. The summed E-state index contributed by atoms with van der Waals surface area (Å²) in [7, 11) is 0. The lowest BCUT2D eigenvalue weighted by atomic mass is 9.99. The molecule has 3 rings (SSSR count). The quantitative estimate of drug-likeness (QED) is 0.854. The van der Waals surface area contributed by atoms with E-state index in [2.05, 4.69) is 16.0 Å². The van der Waals surface area contributed by atoms with Crippen LogP contribution in [0.2, 0.25) is 0 Å². The van der Waals surface area contributed by atoms with Crippen molar-refractivity contribution in [3.63, 3.8) is 0 Å². The number of nitriles is 1. The molecule has 4 heteroatoms. The first-order chi connectivity index (χ1) is 8.76. The van der Waals surface area contributed by atoms with Crippen LogP contribution in [0.3, 0.4) is 0 Å². The van der Waals surface area contributed by atoms with E-state index in [1.807, 2.05) is 12.1 Å². The number of aliphatic hydroxyl groups excluding tert-OH is 1. The van der Waals surface area contributed by atoms with E-state index in [-0.39, 0.29) is 6.10 Å². The molecule has 4 nitrogen and oxygen atoms in total. The Morgan fingerprint density at radius 3 is 2.78 bits per heavy atom. The highest BCUT2D eigenvalue weighted by molar-refractivity contribution is 5.25. The average Bonchev–Trinajstić information content (AvgIpc) is 2.62. The molecule has 2 aliphatic heterocycles. The van der Waals surface area contributed by atoms with Gasteiger partial charge in [0.15, 0.2) is 0 Å². The zero-order chi connectivity index (χ0) is 12.5. The molecule has 2 saturated heterocycles. The van der Waals surface area contributed by atoms with Gasteiger partial charge in [-0.2, -0.15) is 5.26 Å². The summed E-state index contributed by atoms with van der Waals surface area (Å²) in [6.45, 7) is 0.874. The minimum atomic E-state index is -0.120. The molecule has 0 radical (unpaired) electrons. The molecule has 1 N–H and O–H groups in total. The third-order valence-corrected chi connectivity index (χ3v) is 4.16. The fraction of sp³-hybridized carbons (Fsp3) is 0.571. The number of rotatable bonds is 2.